The minimum Gasteiger partial charge on any atom is -0.292 e. The fourth-order valence-corrected chi connectivity index (χ4v) is 3.49. The number of halogens is 1. The quantitative estimate of drug-likeness (QED) is 0.718. The number of hydrogen-bond acceptors (Lipinski definition) is 3. The molecule has 0 atom stereocenters. The molecule has 0 spiro atoms. The molecule has 3 aromatic rings. The fourth-order valence-electron chi connectivity index (χ4n) is 3.32. The van der Waals surface area contributed by atoms with Gasteiger partial charge >= 0.3 is 0 Å². The van der Waals surface area contributed by atoms with E-state index in [1.165, 1.54) is 0 Å². The molecule has 0 radical (unpaired) electrons. The second-order valence-corrected chi connectivity index (χ2v) is 7.86. The van der Waals surface area contributed by atoms with Gasteiger partial charge in [0.15, 0.2) is 0 Å². The molecule has 0 bridgehead atoms. The highest BCUT2D eigenvalue weighted by molar-refractivity contribution is 6.31. The molecule has 1 aliphatic heterocycles. The van der Waals surface area contributed by atoms with Gasteiger partial charge in [0.1, 0.15) is 5.82 Å². The van der Waals surface area contributed by atoms with Crippen LogP contribution in [0.4, 0.5) is 0 Å². The largest absolute Gasteiger partial charge is 0.292 e. The van der Waals surface area contributed by atoms with Crippen molar-refractivity contribution in [3.8, 4) is 0 Å². The molecule has 5 nitrogen and oxygen atoms in total. The van der Waals surface area contributed by atoms with Crippen molar-refractivity contribution in [2.45, 2.75) is 39.2 Å². The molecule has 128 valence electrons. The molecule has 0 aliphatic carbocycles. The van der Waals surface area contributed by atoms with Gasteiger partial charge in [-0.2, -0.15) is 5.10 Å². The predicted octanol–water partition coefficient (Wildman–Crippen LogP) is 4.01. The van der Waals surface area contributed by atoms with Gasteiger partial charge in [0.2, 0.25) is 0 Å². The summed E-state index contributed by atoms with van der Waals surface area (Å²) in [6, 6.07) is 5.22. The Hall–Kier alpha value is -2.40. The summed E-state index contributed by atoms with van der Waals surface area (Å²) in [5, 5.41) is 8.47. The summed E-state index contributed by atoms with van der Waals surface area (Å²) < 4.78 is 1.75. The second kappa shape index (κ2) is 5.56. The van der Waals surface area contributed by atoms with Gasteiger partial charge in [-0.05, 0) is 36.3 Å². The highest BCUT2D eigenvalue weighted by Gasteiger charge is 2.23. The Labute approximate surface area is 150 Å². The molecule has 0 saturated carbocycles. The number of aromatic amines is 1. The SMILES string of the molecule is CC(C)(C)c1[nH]ncc1C=C1CCn2c1nc1cc(Cl)ccc1c2=O. The van der Waals surface area contributed by atoms with Gasteiger partial charge in [0.25, 0.3) is 5.56 Å². The van der Waals surface area contributed by atoms with Gasteiger partial charge in [-0.25, -0.2) is 4.98 Å². The van der Waals surface area contributed by atoms with E-state index in [-0.39, 0.29) is 11.0 Å². The summed E-state index contributed by atoms with van der Waals surface area (Å²) in [6.45, 7) is 7.07. The average molecular weight is 355 g/mol. The van der Waals surface area contributed by atoms with Crippen LogP contribution in [-0.4, -0.2) is 19.7 Å². The number of rotatable bonds is 1. The zero-order chi connectivity index (χ0) is 17.8. The minimum atomic E-state index is -0.0362. The van der Waals surface area contributed by atoms with Crippen molar-refractivity contribution >= 4 is 34.2 Å². The topological polar surface area (TPSA) is 63.6 Å². The van der Waals surface area contributed by atoms with E-state index in [2.05, 4.69) is 37.0 Å². The van der Waals surface area contributed by atoms with E-state index in [0.717, 1.165) is 29.1 Å². The van der Waals surface area contributed by atoms with Crippen LogP contribution in [0.5, 0.6) is 0 Å². The Kier molecular flexibility index (Phi) is 3.58. The average Bonchev–Trinajstić information content (AvgIpc) is 3.15. The molecule has 25 heavy (non-hydrogen) atoms. The number of allylic oxidation sites excluding steroid dienone is 1. The first-order chi connectivity index (χ1) is 11.8. The molecule has 1 N–H and O–H groups in total. The van der Waals surface area contributed by atoms with Crippen LogP contribution in [0, 0.1) is 0 Å². The van der Waals surface area contributed by atoms with E-state index in [1.54, 1.807) is 22.8 Å². The monoisotopic (exact) mass is 354 g/mol. The Morgan fingerprint density at radius 1 is 1.32 bits per heavy atom. The van der Waals surface area contributed by atoms with Crippen molar-refractivity contribution in [2.24, 2.45) is 0 Å². The van der Waals surface area contributed by atoms with Gasteiger partial charge in [-0.3, -0.25) is 14.5 Å². The van der Waals surface area contributed by atoms with Crippen LogP contribution in [0.15, 0.2) is 29.2 Å². The van der Waals surface area contributed by atoms with Crippen molar-refractivity contribution in [2.75, 3.05) is 0 Å². The van der Waals surface area contributed by atoms with Crippen LogP contribution in [-0.2, 0) is 12.0 Å². The van der Waals surface area contributed by atoms with Gasteiger partial charge in [0.05, 0.1) is 17.1 Å². The van der Waals surface area contributed by atoms with Crippen molar-refractivity contribution in [3.63, 3.8) is 0 Å². The Bertz CT molecular complexity index is 1070. The number of nitrogens with one attached hydrogen (secondary N) is 1. The molecule has 0 unspecified atom stereocenters. The highest BCUT2D eigenvalue weighted by atomic mass is 35.5. The molecule has 3 heterocycles. The van der Waals surface area contributed by atoms with Gasteiger partial charge in [-0.15, -0.1) is 0 Å². The lowest BCUT2D eigenvalue weighted by Gasteiger charge is -2.17. The molecule has 0 fully saturated rings. The lowest BCUT2D eigenvalue weighted by Crippen LogP contribution is -2.20. The van der Waals surface area contributed by atoms with E-state index >= 15 is 0 Å². The van der Waals surface area contributed by atoms with Crippen LogP contribution in [0.2, 0.25) is 5.02 Å². The zero-order valence-corrected chi connectivity index (χ0v) is 15.2. The van der Waals surface area contributed by atoms with Crippen LogP contribution in [0.25, 0.3) is 22.6 Å². The number of benzene rings is 1. The first kappa shape index (κ1) is 16.1. The van der Waals surface area contributed by atoms with Crippen LogP contribution >= 0.6 is 11.6 Å². The Morgan fingerprint density at radius 2 is 2.12 bits per heavy atom. The van der Waals surface area contributed by atoms with E-state index in [9.17, 15) is 4.79 Å². The lowest BCUT2D eigenvalue weighted by molar-refractivity contribution is 0.566. The first-order valence-corrected chi connectivity index (χ1v) is 8.67. The molecule has 4 rings (SSSR count). The third-order valence-corrected chi connectivity index (χ3v) is 4.79. The summed E-state index contributed by atoms with van der Waals surface area (Å²) in [5.41, 5.74) is 3.75. The summed E-state index contributed by atoms with van der Waals surface area (Å²) >= 11 is 6.07. The maximum atomic E-state index is 12.7. The summed E-state index contributed by atoms with van der Waals surface area (Å²) in [7, 11) is 0. The predicted molar refractivity (Wildman–Crippen MR) is 101 cm³/mol. The minimum absolute atomic E-state index is 0.0108. The standard InChI is InChI=1S/C19H19ClN4O/c1-19(2,3)16-12(10-21-23-16)8-11-6-7-24-17(11)22-15-9-13(20)4-5-14(15)18(24)25/h4-5,8-10H,6-7H2,1-3H3,(H,21,23). The fraction of sp³-hybridized carbons (Fsp3) is 0.316. The van der Waals surface area contributed by atoms with Gasteiger partial charge in [-0.1, -0.05) is 32.4 Å². The second-order valence-electron chi connectivity index (χ2n) is 7.42. The normalized spacial score (nSPS) is 15.9. The number of fused-ring (bicyclic) bond motifs is 2. The Balaban J connectivity index is 1.89. The maximum Gasteiger partial charge on any atom is 0.261 e. The summed E-state index contributed by atoms with van der Waals surface area (Å²) in [4.78, 5) is 17.5. The van der Waals surface area contributed by atoms with Gasteiger partial charge in [0, 0.05) is 28.2 Å². The third-order valence-electron chi connectivity index (χ3n) is 4.56. The highest BCUT2D eigenvalue weighted by Crippen LogP contribution is 2.31. The van der Waals surface area contributed by atoms with Crippen molar-refractivity contribution in [1.82, 2.24) is 19.7 Å². The Morgan fingerprint density at radius 3 is 2.88 bits per heavy atom. The maximum absolute atomic E-state index is 12.7. The molecule has 6 heteroatoms. The van der Waals surface area contributed by atoms with E-state index in [1.807, 2.05) is 6.20 Å². The van der Waals surface area contributed by atoms with Crippen LogP contribution in [0.1, 0.15) is 44.3 Å². The third kappa shape index (κ3) is 2.68. The zero-order valence-electron chi connectivity index (χ0n) is 14.4. The number of H-pyrrole nitrogens is 1. The molecular weight excluding hydrogens is 336 g/mol. The molecule has 2 aromatic heterocycles. The van der Waals surface area contributed by atoms with E-state index in [4.69, 9.17) is 16.6 Å². The van der Waals surface area contributed by atoms with Crippen LogP contribution < -0.4 is 5.56 Å². The van der Waals surface area contributed by atoms with Crippen molar-refractivity contribution in [1.29, 1.82) is 0 Å². The number of aromatic nitrogens is 4. The summed E-state index contributed by atoms with van der Waals surface area (Å²) in [6.07, 6.45) is 4.69. The molecule has 0 amide bonds. The van der Waals surface area contributed by atoms with Gasteiger partial charge < -0.3 is 0 Å². The van der Waals surface area contributed by atoms with Crippen molar-refractivity contribution in [3.05, 3.63) is 56.9 Å². The van der Waals surface area contributed by atoms with Crippen LogP contribution in [0.3, 0.4) is 0 Å². The molecule has 1 aliphatic rings. The van der Waals surface area contributed by atoms with Crippen molar-refractivity contribution < 1.29 is 0 Å². The number of hydrogen-bond donors (Lipinski definition) is 1. The molecule has 1 aromatic carbocycles. The number of nitrogens with zero attached hydrogens (tertiary/aromatic N) is 3. The summed E-state index contributed by atoms with van der Waals surface area (Å²) in [5.74, 6) is 0.723. The molecule has 0 saturated heterocycles. The lowest BCUT2D eigenvalue weighted by atomic mass is 9.89. The van der Waals surface area contributed by atoms with E-state index < -0.39 is 0 Å². The molecular formula is C19H19ClN4O. The smallest absolute Gasteiger partial charge is 0.261 e. The van der Waals surface area contributed by atoms with E-state index in [0.29, 0.717) is 22.5 Å². The first-order valence-electron chi connectivity index (χ1n) is 8.29.